The molecule has 0 rings (SSSR count). The Morgan fingerprint density at radius 2 is 2.22 bits per heavy atom. The predicted octanol–water partition coefficient (Wildman–Crippen LogP) is 0.804. The fourth-order valence-electron chi connectivity index (χ4n) is 0.348. The molecular formula is C5H12ClNO2. The number of nitrogens with one attached hydrogen (secondary N) is 1. The molecule has 2 N–H and O–H groups in total. The summed E-state index contributed by atoms with van der Waals surface area (Å²) in [6.07, 6.45) is 0.327. The highest BCUT2D eigenvalue weighted by atomic mass is 35.5. The van der Waals surface area contributed by atoms with Crippen LogP contribution in [0.15, 0.2) is 0 Å². The van der Waals surface area contributed by atoms with Crippen molar-refractivity contribution in [1.82, 2.24) is 0 Å². The molecule has 0 aliphatic rings. The Bertz CT molecular complexity index is 69.4. The molecular weight excluding hydrogens is 142 g/mol. The first-order chi connectivity index (χ1) is 3.81. The van der Waals surface area contributed by atoms with Crippen LogP contribution in [0.2, 0.25) is 0 Å². The third-order valence-corrected chi connectivity index (χ3v) is 0.657. The van der Waals surface area contributed by atoms with E-state index in [1.165, 1.54) is 0 Å². The van der Waals surface area contributed by atoms with E-state index < -0.39 is 0 Å². The molecule has 0 aliphatic carbocycles. The average molecular weight is 154 g/mol. The highest BCUT2D eigenvalue weighted by Gasteiger charge is 1.91. The summed E-state index contributed by atoms with van der Waals surface area (Å²) in [6.45, 7) is 2.32. The number of aliphatic hydroxyl groups is 1. The fourth-order valence-corrected chi connectivity index (χ4v) is 0.348. The Kier molecular flexibility index (Phi) is 9.87. The van der Waals surface area contributed by atoms with Crippen molar-refractivity contribution < 1.29 is 9.84 Å². The summed E-state index contributed by atoms with van der Waals surface area (Å²) >= 11 is 0. The number of hydrogen-bond donors (Lipinski definition) is 2. The Morgan fingerprint density at radius 3 is 2.56 bits per heavy atom. The molecule has 56 valence electrons. The molecule has 3 nitrogen and oxygen atoms in total. The Labute approximate surface area is 60.9 Å². The Hall–Kier alpha value is -0.280. The minimum absolute atomic E-state index is 0. The minimum atomic E-state index is -0.00116. The van der Waals surface area contributed by atoms with Gasteiger partial charge in [-0.05, 0) is 6.92 Å². The van der Waals surface area contributed by atoms with Crippen molar-refractivity contribution in [3.63, 3.8) is 0 Å². The molecule has 4 heteroatoms. The zero-order chi connectivity index (χ0) is 6.41. The number of halogens is 1. The van der Waals surface area contributed by atoms with Crippen molar-refractivity contribution in [3.8, 4) is 0 Å². The SMILES string of the molecule is CCOC(=N)CCO.Cl. The molecule has 0 saturated heterocycles. The number of ether oxygens (including phenoxy) is 1. The first-order valence-corrected chi connectivity index (χ1v) is 2.62. The van der Waals surface area contributed by atoms with Crippen LogP contribution in [0.25, 0.3) is 0 Å². The standard InChI is InChI=1S/C5H11NO2.ClH/c1-2-8-5(6)3-4-7;/h6-7H,2-4H2,1H3;1H. The van der Waals surface area contributed by atoms with E-state index in [1.807, 2.05) is 6.92 Å². The van der Waals surface area contributed by atoms with E-state index >= 15 is 0 Å². The van der Waals surface area contributed by atoms with Crippen LogP contribution in [-0.2, 0) is 4.74 Å². The van der Waals surface area contributed by atoms with Gasteiger partial charge in [-0.2, -0.15) is 0 Å². The van der Waals surface area contributed by atoms with Gasteiger partial charge in [0.1, 0.15) is 0 Å². The quantitative estimate of drug-likeness (QED) is 0.466. The highest BCUT2D eigenvalue weighted by molar-refractivity contribution is 5.85. The normalized spacial score (nSPS) is 7.78. The molecule has 0 radical (unpaired) electrons. The van der Waals surface area contributed by atoms with Gasteiger partial charge in [0.2, 0.25) is 0 Å². The van der Waals surface area contributed by atoms with E-state index in [-0.39, 0.29) is 24.9 Å². The molecule has 0 heterocycles. The molecule has 0 aromatic rings. The van der Waals surface area contributed by atoms with E-state index in [0.29, 0.717) is 13.0 Å². The zero-order valence-corrected chi connectivity index (χ0v) is 6.20. The molecule has 0 aromatic carbocycles. The van der Waals surface area contributed by atoms with E-state index in [2.05, 4.69) is 0 Å². The van der Waals surface area contributed by atoms with Gasteiger partial charge in [-0.3, -0.25) is 5.41 Å². The molecule has 0 bridgehead atoms. The number of aliphatic hydroxyl groups excluding tert-OH is 1. The van der Waals surface area contributed by atoms with Crippen LogP contribution in [0.4, 0.5) is 0 Å². The molecule has 0 spiro atoms. The number of hydrogen-bond acceptors (Lipinski definition) is 3. The van der Waals surface area contributed by atoms with E-state index in [1.54, 1.807) is 0 Å². The molecule has 0 atom stereocenters. The summed E-state index contributed by atoms with van der Waals surface area (Å²) < 4.78 is 4.71. The van der Waals surface area contributed by atoms with E-state index in [9.17, 15) is 0 Å². The summed E-state index contributed by atoms with van der Waals surface area (Å²) in [7, 11) is 0. The lowest BCUT2D eigenvalue weighted by Gasteiger charge is -1.99. The van der Waals surface area contributed by atoms with Gasteiger partial charge in [0.05, 0.1) is 13.2 Å². The zero-order valence-electron chi connectivity index (χ0n) is 5.39. The third kappa shape index (κ3) is 7.72. The Balaban J connectivity index is 0. The van der Waals surface area contributed by atoms with Gasteiger partial charge in [0.25, 0.3) is 0 Å². The summed E-state index contributed by atoms with van der Waals surface area (Å²) in [4.78, 5) is 0. The van der Waals surface area contributed by atoms with Gasteiger partial charge in [0.15, 0.2) is 5.90 Å². The monoisotopic (exact) mass is 153 g/mol. The largest absolute Gasteiger partial charge is 0.481 e. The lowest BCUT2D eigenvalue weighted by molar-refractivity contribution is 0.271. The average Bonchev–Trinajstić information content (AvgIpc) is 1.68. The summed E-state index contributed by atoms with van der Waals surface area (Å²) in [5.41, 5.74) is 0. The van der Waals surface area contributed by atoms with Gasteiger partial charge >= 0.3 is 0 Å². The lowest BCUT2D eigenvalue weighted by Crippen LogP contribution is -2.04. The van der Waals surface area contributed by atoms with Gasteiger partial charge in [0, 0.05) is 6.42 Å². The predicted molar refractivity (Wildman–Crippen MR) is 38.3 cm³/mol. The second kappa shape index (κ2) is 7.72. The van der Waals surface area contributed by atoms with Crippen LogP contribution in [0.5, 0.6) is 0 Å². The van der Waals surface area contributed by atoms with Crippen LogP contribution in [0.3, 0.4) is 0 Å². The maximum atomic E-state index is 8.24. The second-order valence-electron chi connectivity index (χ2n) is 1.33. The molecule has 9 heavy (non-hydrogen) atoms. The van der Waals surface area contributed by atoms with Crippen LogP contribution in [-0.4, -0.2) is 24.2 Å². The van der Waals surface area contributed by atoms with Crippen molar-refractivity contribution in [2.75, 3.05) is 13.2 Å². The van der Waals surface area contributed by atoms with Crippen LogP contribution in [0.1, 0.15) is 13.3 Å². The molecule has 0 fully saturated rings. The summed E-state index contributed by atoms with van der Waals surface area (Å²) in [6, 6.07) is 0. The van der Waals surface area contributed by atoms with Crippen molar-refractivity contribution in [2.24, 2.45) is 0 Å². The smallest absolute Gasteiger partial charge is 0.182 e. The molecule has 0 aromatic heterocycles. The third-order valence-electron chi connectivity index (χ3n) is 0.657. The first-order valence-electron chi connectivity index (χ1n) is 2.62. The highest BCUT2D eigenvalue weighted by Crippen LogP contribution is 1.82. The maximum Gasteiger partial charge on any atom is 0.182 e. The van der Waals surface area contributed by atoms with Gasteiger partial charge in [-0.15, -0.1) is 12.4 Å². The first kappa shape index (κ1) is 11.5. The maximum absolute atomic E-state index is 8.24. The molecule has 0 unspecified atom stereocenters. The van der Waals surface area contributed by atoms with Crippen LogP contribution in [0, 0.1) is 5.41 Å². The number of rotatable bonds is 3. The van der Waals surface area contributed by atoms with Crippen molar-refractivity contribution in [2.45, 2.75) is 13.3 Å². The summed E-state index contributed by atoms with van der Waals surface area (Å²) in [5, 5.41) is 15.1. The van der Waals surface area contributed by atoms with Crippen LogP contribution >= 0.6 is 12.4 Å². The summed E-state index contributed by atoms with van der Waals surface area (Å²) in [5.74, 6) is 0.162. The van der Waals surface area contributed by atoms with E-state index in [0.717, 1.165) is 0 Å². The van der Waals surface area contributed by atoms with Gasteiger partial charge < -0.3 is 9.84 Å². The minimum Gasteiger partial charge on any atom is -0.481 e. The molecule has 0 saturated carbocycles. The van der Waals surface area contributed by atoms with E-state index in [4.69, 9.17) is 15.3 Å². The van der Waals surface area contributed by atoms with Crippen molar-refractivity contribution in [3.05, 3.63) is 0 Å². The van der Waals surface area contributed by atoms with Crippen molar-refractivity contribution >= 4 is 18.3 Å². The Morgan fingerprint density at radius 1 is 1.67 bits per heavy atom. The van der Waals surface area contributed by atoms with Gasteiger partial charge in [-0.1, -0.05) is 0 Å². The molecule has 0 aliphatic heterocycles. The van der Waals surface area contributed by atoms with Crippen molar-refractivity contribution in [1.29, 1.82) is 5.41 Å². The van der Waals surface area contributed by atoms with Gasteiger partial charge in [-0.25, -0.2) is 0 Å². The topological polar surface area (TPSA) is 53.3 Å². The lowest BCUT2D eigenvalue weighted by atomic mass is 10.5. The fraction of sp³-hybridized carbons (Fsp3) is 0.800. The second-order valence-corrected chi connectivity index (χ2v) is 1.33. The van der Waals surface area contributed by atoms with Crippen LogP contribution < -0.4 is 0 Å². The molecule has 0 amide bonds.